The van der Waals surface area contributed by atoms with Crippen LogP contribution in [0, 0.1) is 0 Å². The van der Waals surface area contributed by atoms with Crippen molar-refractivity contribution in [1.29, 1.82) is 0 Å². The zero-order chi connectivity index (χ0) is 15.4. The van der Waals surface area contributed by atoms with Crippen molar-refractivity contribution in [2.75, 3.05) is 6.61 Å². The summed E-state index contributed by atoms with van der Waals surface area (Å²) in [5.41, 5.74) is -0.561. The zero-order valence-corrected chi connectivity index (χ0v) is 14.0. The van der Waals surface area contributed by atoms with E-state index in [2.05, 4.69) is 12.2 Å². The van der Waals surface area contributed by atoms with Crippen LogP contribution in [0.5, 0.6) is 0 Å². The lowest BCUT2D eigenvalue weighted by Crippen LogP contribution is -2.63. The van der Waals surface area contributed by atoms with E-state index in [1.54, 1.807) is 0 Å². The molecule has 2 bridgehead atoms. The topological polar surface area (TPSA) is 47.6 Å². The molecule has 0 spiro atoms. The van der Waals surface area contributed by atoms with Crippen LogP contribution in [0.4, 0.5) is 4.79 Å². The maximum atomic E-state index is 11.9. The average Bonchev–Trinajstić information content (AvgIpc) is 2.40. The van der Waals surface area contributed by atoms with Crippen molar-refractivity contribution in [2.45, 2.75) is 90.4 Å². The summed E-state index contributed by atoms with van der Waals surface area (Å²) in [6, 6.07) is 0. The Morgan fingerprint density at radius 3 is 2.10 bits per heavy atom. The predicted molar refractivity (Wildman–Crippen MR) is 80.9 cm³/mol. The van der Waals surface area contributed by atoms with Crippen LogP contribution in [-0.2, 0) is 9.47 Å². The van der Waals surface area contributed by atoms with Gasteiger partial charge >= 0.3 is 6.09 Å². The highest BCUT2D eigenvalue weighted by Gasteiger charge is 2.49. The third-order valence-electron chi connectivity index (χ3n) is 4.18. The Kier molecular flexibility index (Phi) is 5.47. The van der Waals surface area contributed by atoms with Crippen molar-refractivity contribution in [1.82, 2.24) is 5.32 Å². The summed E-state index contributed by atoms with van der Waals surface area (Å²) >= 11 is 0. The van der Waals surface area contributed by atoms with Crippen LogP contribution >= 0.6 is 0 Å². The predicted octanol–water partition coefficient (Wildman–Crippen LogP) is 4.03. The third kappa shape index (κ3) is 4.11. The Morgan fingerprint density at radius 2 is 1.75 bits per heavy atom. The molecule has 0 unspecified atom stereocenters. The number of amides is 1. The largest absolute Gasteiger partial charge is 0.444 e. The number of hydrogen-bond donors (Lipinski definition) is 1. The lowest BCUT2D eigenvalue weighted by atomic mass is 9.70. The highest BCUT2D eigenvalue weighted by molar-refractivity contribution is 5.69. The van der Waals surface area contributed by atoms with E-state index in [1.807, 2.05) is 34.6 Å². The van der Waals surface area contributed by atoms with Crippen LogP contribution in [0.25, 0.3) is 0 Å². The van der Waals surface area contributed by atoms with Gasteiger partial charge in [0.25, 0.3) is 0 Å². The summed E-state index contributed by atoms with van der Waals surface area (Å²) in [6.07, 6.45) is 4.82. The van der Waals surface area contributed by atoms with Crippen LogP contribution in [-0.4, -0.2) is 29.4 Å². The number of carbonyl (C=O) groups excluding carboxylic acids is 1. The quantitative estimate of drug-likeness (QED) is 0.833. The van der Waals surface area contributed by atoms with Gasteiger partial charge in [0.05, 0.1) is 17.7 Å². The van der Waals surface area contributed by atoms with Gasteiger partial charge in [0.1, 0.15) is 5.60 Å². The average molecular weight is 285 g/mol. The van der Waals surface area contributed by atoms with E-state index in [-0.39, 0.29) is 17.2 Å². The van der Waals surface area contributed by atoms with Crippen molar-refractivity contribution in [3.63, 3.8) is 0 Å². The molecule has 118 valence electrons. The minimum atomic E-state index is -0.446. The fourth-order valence-electron chi connectivity index (χ4n) is 2.90. The number of alkyl carbamates (subject to hydrolysis) is 1. The Labute approximate surface area is 123 Å². The van der Waals surface area contributed by atoms with Gasteiger partial charge in [0.2, 0.25) is 0 Å². The monoisotopic (exact) mass is 285 g/mol. The standard InChI is InChI=1S/C14H25NO3.C2H6/c1-5-14-8-6-13(7-9-14,10-17-14)15-11(16)18-12(2,3)4;1-2/h5-10H2,1-4H3,(H,15,16);1-2H3. The fourth-order valence-corrected chi connectivity index (χ4v) is 2.90. The highest BCUT2D eigenvalue weighted by atomic mass is 16.6. The van der Waals surface area contributed by atoms with Crippen molar-refractivity contribution >= 4 is 6.09 Å². The normalized spacial score (nSPS) is 32.1. The molecule has 2 saturated heterocycles. The van der Waals surface area contributed by atoms with Gasteiger partial charge in [-0.25, -0.2) is 4.79 Å². The van der Waals surface area contributed by atoms with Crippen LogP contribution in [0.2, 0.25) is 0 Å². The number of fused-ring (bicyclic) bond motifs is 3. The molecule has 1 saturated carbocycles. The second-order valence-electron chi connectivity index (χ2n) is 6.73. The Hall–Kier alpha value is -0.770. The van der Waals surface area contributed by atoms with Crippen LogP contribution < -0.4 is 5.32 Å². The molecule has 1 amide bonds. The minimum Gasteiger partial charge on any atom is -0.444 e. The molecule has 4 heteroatoms. The summed E-state index contributed by atoms with van der Waals surface area (Å²) < 4.78 is 11.3. The van der Waals surface area contributed by atoms with Crippen LogP contribution in [0.1, 0.15) is 73.6 Å². The van der Waals surface area contributed by atoms with Gasteiger partial charge < -0.3 is 14.8 Å². The number of hydrogen-bond acceptors (Lipinski definition) is 3. The molecule has 0 radical (unpaired) electrons. The van der Waals surface area contributed by atoms with E-state index < -0.39 is 5.60 Å². The van der Waals surface area contributed by atoms with E-state index in [0.29, 0.717) is 6.61 Å². The first-order chi connectivity index (χ1) is 9.28. The summed E-state index contributed by atoms with van der Waals surface area (Å²) in [4.78, 5) is 11.9. The second kappa shape index (κ2) is 6.33. The molecular weight excluding hydrogens is 254 g/mol. The molecule has 20 heavy (non-hydrogen) atoms. The Morgan fingerprint density at radius 1 is 1.20 bits per heavy atom. The molecule has 0 aromatic heterocycles. The van der Waals surface area contributed by atoms with Gasteiger partial charge in [-0.2, -0.15) is 0 Å². The van der Waals surface area contributed by atoms with E-state index in [0.717, 1.165) is 32.1 Å². The zero-order valence-electron chi connectivity index (χ0n) is 14.0. The van der Waals surface area contributed by atoms with Crippen molar-refractivity contribution in [3.8, 4) is 0 Å². The van der Waals surface area contributed by atoms with Gasteiger partial charge in [-0.15, -0.1) is 0 Å². The molecule has 2 heterocycles. The summed E-state index contributed by atoms with van der Waals surface area (Å²) in [5, 5.41) is 3.03. The Balaban J connectivity index is 0.000000956. The molecule has 2 aliphatic heterocycles. The van der Waals surface area contributed by atoms with E-state index >= 15 is 0 Å². The number of ether oxygens (including phenoxy) is 2. The maximum absolute atomic E-state index is 11.9. The third-order valence-corrected chi connectivity index (χ3v) is 4.18. The molecule has 0 atom stereocenters. The molecular formula is C16H31NO3. The van der Waals surface area contributed by atoms with E-state index in [9.17, 15) is 4.79 Å². The van der Waals surface area contributed by atoms with Gasteiger partial charge in [0, 0.05) is 0 Å². The van der Waals surface area contributed by atoms with Gasteiger partial charge in [-0.1, -0.05) is 20.8 Å². The van der Waals surface area contributed by atoms with Gasteiger partial charge in [-0.05, 0) is 52.9 Å². The number of rotatable bonds is 2. The number of carbonyl (C=O) groups is 1. The van der Waals surface area contributed by atoms with Gasteiger partial charge in [0.15, 0.2) is 0 Å². The molecule has 0 aromatic rings. The van der Waals surface area contributed by atoms with Crippen LogP contribution in [0.15, 0.2) is 0 Å². The molecule has 1 aliphatic carbocycles. The molecule has 0 aromatic carbocycles. The lowest BCUT2D eigenvalue weighted by molar-refractivity contribution is -0.162. The summed E-state index contributed by atoms with van der Waals surface area (Å²) in [7, 11) is 0. The SMILES string of the molecule is CC.CCC12CCC(NC(=O)OC(C)(C)C)(CC1)CO2. The lowest BCUT2D eigenvalue weighted by Gasteiger charge is -2.53. The fraction of sp³-hybridized carbons (Fsp3) is 0.938. The van der Waals surface area contributed by atoms with Crippen LogP contribution in [0.3, 0.4) is 0 Å². The highest BCUT2D eigenvalue weighted by Crippen LogP contribution is 2.45. The Bertz CT molecular complexity index is 309. The molecule has 4 nitrogen and oxygen atoms in total. The summed E-state index contributed by atoms with van der Waals surface area (Å²) in [5.74, 6) is 0. The van der Waals surface area contributed by atoms with Crippen molar-refractivity contribution in [3.05, 3.63) is 0 Å². The van der Waals surface area contributed by atoms with E-state index in [4.69, 9.17) is 9.47 Å². The second-order valence-corrected chi connectivity index (χ2v) is 6.73. The smallest absolute Gasteiger partial charge is 0.408 e. The first-order valence-electron chi connectivity index (χ1n) is 7.93. The van der Waals surface area contributed by atoms with Crippen molar-refractivity contribution in [2.24, 2.45) is 0 Å². The molecule has 3 aliphatic rings. The van der Waals surface area contributed by atoms with Gasteiger partial charge in [-0.3, -0.25) is 0 Å². The summed E-state index contributed by atoms with van der Waals surface area (Å²) in [6.45, 7) is 12.4. The van der Waals surface area contributed by atoms with Crippen molar-refractivity contribution < 1.29 is 14.3 Å². The minimum absolute atomic E-state index is 0.0807. The maximum Gasteiger partial charge on any atom is 0.408 e. The molecule has 3 fully saturated rings. The molecule has 1 N–H and O–H groups in total. The first kappa shape index (κ1) is 17.3. The first-order valence-corrected chi connectivity index (χ1v) is 7.93. The van der Waals surface area contributed by atoms with E-state index in [1.165, 1.54) is 0 Å². The number of nitrogens with one attached hydrogen (secondary N) is 1. The molecule has 3 rings (SSSR count).